The molecule has 162 valence electrons. The molecular formula is C26H32N4O. The molecule has 1 aliphatic heterocycles. The molecule has 0 saturated heterocycles. The van der Waals surface area contributed by atoms with Crippen LogP contribution in [0.25, 0.3) is 0 Å². The molecule has 1 aliphatic rings. The molecule has 2 N–H and O–H groups in total. The summed E-state index contributed by atoms with van der Waals surface area (Å²) in [6, 6.07) is 17.4. The van der Waals surface area contributed by atoms with E-state index in [1.165, 1.54) is 16.7 Å². The number of carbonyl (C=O) groups is 1. The fourth-order valence-corrected chi connectivity index (χ4v) is 4.23. The van der Waals surface area contributed by atoms with Crippen molar-refractivity contribution in [3.8, 4) is 0 Å². The van der Waals surface area contributed by atoms with Gasteiger partial charge in [-0.2, -0.15) is 5.10 Å². The summed E-state index contributed by atoms with van der Waals surface area (Å²) in [5.41, 5.74) is 5.49. The van der Waals surface area contributed by atoms with Crippen LogP contribution in [-0.2, 0) is 13.0 Å². The number of hydrogen-bond donors (Lipinski definition) is 2. The summed E-state index contributed by atoms with van der Waals surface area (Å²) in [7, 11) is 0. The SMILES string of the molecule is CCc1ccc(C2CC(C(C)C)n3ncc(C(=O)NCc4ccc(C)cc4)c3N2)cc1. The topological polar surface area (TPSA) is 59.0 Å². The quantitative estimate of drug-likeness (QED) is 0.563. The molecule has 0 fully saturated rings. The summed E-state index contributed by atoms with van der Waals surface area (Å²) < 4.78 is 2.00. The first kappa shape index (κ1) is 21.2. The molecule has 0 radical (unpaired) electrons. The second-order valence-electron chi connectivity index (χ2n) is 8.86. The number of nitrogens with zero attached hydrogens (tertiary/aromatic N) is 2. The summed E-state index contributed by atoms with van der Waals surface area (Å²) in [5.74, 6) is 1.14. The number of anilines is 1. The minimum atomic E-state index is -0.0983. The number of rotatable bonds is 6. The average Bonchev–Trinajstić information content (AvgIpc) is 3.22. The maximum Gasteiger partial charge on any atom is 0.256 e. The lowest BCUT2D eigenvalue weighted by Gasteiger charge is -2.35. The third-order valence-corrected chi connectivity index (χ3v) is 6.28. The molecule has 3 aromatic rings. The van der Waals surface area contributed by atoms with Crippen molar-refractivity contribution in [3.05, 3.63) is 82.5 Å². The van der Waals surface area contributed by atoms with Gasteiger partial charge in [-0.25, -0.2) is 4.68 Å². The second kappa shape index (κ2) is 8.96. The van der Waals surface area contributed by atoms with Crippen molar-refractivity contribution in [2.24, 2.45) is 5.92 Å². The van der Waals surface area contributed by atoms with Crippen molar-refractivity contribution < 1.29 is 4.79 Å². The zero-order chi connectivity index (χ0) is 22.0. The number of nitrogens with one attached hydrogen (secondary N) is 2. The van der Waals surface area contributed by atoms with Gasteiger partial charge in [0.2, 0.25) is 0 Å². The molecule has 1 amide bonds. The van der Waals surface area contributed by atoms with E-state index in [0.717, 1.165) is 24.2 Å². The zero-order valence-corrected chi connectivity index (χ0v) is 18.9. The highest BCUT2D eigenvalue weighted by molar-refractivity contribution is 5.98. The van der Waals surface area contributed by atoms with E-state index in [0.29, 0.717) is 18.0 Å². The Morgan fingerprint density at radius 2 is 1.81 bits per heavy atom. The molecule has 5 heteroatoms. The number of carbonyl (C=O) groups excluding carboxylic acids is 1. The van der Waals surface area contributed by atoms with Crippen LogP contribution in [0.15, 0.2) is 54.7 Å². The standard InChI is InChI=1S/C26H32N4O/c1-5-19-10-12-21(13-11-19)23-14-24(17(2)3)30-25(29-23)22(16-28-30)26(31)27-15-20-8-6-18(4)7-9-20/h6-13,16-17,23-24,29H,5,14-15H2,1-4H3,(H,27,31). The van der Waals surface area contributed by atoms with E-state index in [9.17, 15) is 4.79 Å². The summed E-state index contributed by atoms with van der Waals surface area (Å²) in [6.07, 6.45) is 3.68. The van der Waals surface area contributed by atoms with Crippen LogP contribution in [0.5, 0.6) is 0 Å². The number of fused-ring (bicyclic) bond motifs is 1. The molecule has 0 bridgehead atoms. The van der Waals surface area contributed by atoms with Gasteiger partial charge in [0.05, 0.1) is 18.3 Å². The van der Waals surface area contributed by atoms with Crippen molar-refractivity contribution in [3.63, 3.8) is 0 Å². The normalized spacial score (nSPS) is 17.8. The van der Waals surface area contributed by atoms with Gasteiger partial charge in [0.15, 0.2) is 0 Å². The van der Waals surface area contributed by atoms with Gasteiger partial charge in [-0.1, -0.05) is 74.9 Å². The predicted molar refractivity (Wildman–Crippen MR) is 125 cm³/mol. The van der Waals surface area contributed by atoms with Gasteiger partial charge in [-0.3, -0.25) is 4.79 Å². The highest BCUT2D eigenvalue weighted by Gasteiger charge is 2.33. The predicted octanol–water partition coefficient (Wildman–Crippen LogP) is 5.44. The number of aryl methyl sites for hydroxylation is 2. The Hall–Kier alpha value is -3.08. The number of hydrogen-bond acceptors (Lipinski definition) is 3. The van der Waals surface area contributed by atoms with Crippen LogP contribution in [0.2, 0.25) is 0 Å². The van der Waals surface area contributed by atoms with E-state index in [-0.39, 0.29) is 18.0 Å². The van der Waals surface area contributed by atoms with Crippen molar-refractivity contribution in [1.82, 2.24) is 15.1 Å². The van der Waals surface area contributed by atoms with Crippen molar-refractivity contribution in [2.75, 3.05) is 5.32 Å². The molecule has 0 aliphatic carbocycles. The molecule has 4 rings (SSSR count). The van der Waals surface area contributed by atoms with Gasteiger partial charge in [0.1, 0.15) is 11.4 Å². The highest BCUT2D eigenvalue weighted by atomic mass is 16.1. The minimum Gasteiger partial charge on any atom is -0.363 e. The maximum absolute atomic E-state index is 13.0. The lowest BCUT2D eigenvalue weighted by molar-refractivity contribution is 0.0951. The number of amides is 1. The highest BCUT2D eigenvalue weighted by Crippen LogP contribution is 2.39. The van der Waals surface area contributed by atoms with Gasteiger partial charge in [0, 0.05) is 6.54 Å². The number of aromatic nitrogens is 2. The van der Waals surface area contributed by atoms with Crippen LogP contribution < -0.4 is 10.6 Å². The summed E-state index contributed by atoms with van der Waals surface area (Å²) in [4.78, 5) is 13.0. The smallest absolute Gasteiger partial charge is 0.256 e. The molecule has 2 atom stereocenters. The van der Waals surface area contributed by atoms with E-state index in [1.54, 1.807) is 6.20 Å². The molecule has 2 unspecified atom stereocenters. The third-order valence-electron chi connectivity index (χ3n) is 6.28. The Labute approximate surface area is 184 Å². The second-order valence-corrected chi connectivity index (χ2v) is 8.86. The fourth-order valence-electron chi connectivity index (χ4n) is 4.23. The third kappa shape index (κ3) is 4.50. The Bertz CT molecular complexity index is 1030. The molecule has 31 heavy (non-hydrogen) atoms. The van der Waals surface area contributed by atoms with Gasteiger partial charge >= 0.3 is 0 Å². The van der Waals surface area contributed by atoms with Gasteiger partial charge in [0.25, 0.3) is 5.91 Å². The molecule has 2 heterocycles. The van der Waals surface area contributed by atoms with Crippen molar-refractivity contribution in [1.29, 1.82) is 0 Å². The van der Waals surface area contributed by atoms with Crippen LogP contribution in [0.3, 0.4) is 0 Å². The Kier molecular flexibility index (Phi) is 6.12. The monoisotopic (exact) mass is 416 g/mol. The molecule has 0 saturated carbocycles. The summed E-state index contributed by atoms with van der Waals surface area (Å²) >= 11 is 0. The molecule has 1 aromatic heterocycles. The van der Waals surface area contributed by atoms with Crippen LogP contribution in [0.1, 0.15) is 71.9 Å². The molecule has 2 aromatic carbocycles. The fraction of sp³-hybridized carbons (Fsp3) is 0.385. The average molecular weight is 417 g/mol. The minimum absolute atomic E-state index is 0.0983. The van der Waals surface area contributed by atoms with Gasteiger partial charge in [-0.15, -0.1) is 0 Å². The zero-order valence-electron chi connectivity index (χ0n) is 18.9. The van der Waals surface area contributed by atoms with Crippen LogP contribution in [-0.4, -0.2) is 15.7 Å². The van der Waals surface area contributed by atoms with E-state index < -0.39 is 0 Å². The lowest BCUT2D eigenvalue weighted by atomic mass is 9.90. The van der Waals surface area contributed by atoms with Crippen LogP contribution >= 0.6 is 0 Å². The first-order chi connectivity index (χ1) is 15.0. The van der Waals surface area contributed by atoms with E-state index in [1.807, 2.05) is 16.8 Å². The lowest BCUT2D eigenvalue weighted by Crippen LogP contribution is -2.31. The Morgan fingerprint density at radius 3 is 2.45 bits per heavy atom. The van der Waals surface area contributed by atoms with E-state index >= 15 is 0 Å². The van der Waals surface area contributed by atoms with Crippen LogP contribution in [0.4, 0.5) is 5.82 Å². The van der Waals surface area contributed by atoms with E-state index in [4.69, 9.17) is 0 Å². The first-order valence-electron chi connectivity index (χ1n) is 11.2. The van der Waals surface area contributed by atoms with Crippen molar-refractivity contribution >= 4 is 11.7 Å². The summed E-state index contributed by atoms with van der Waals surface area (Å²) in [6.45, 7) is 9.16. The van der Waals surface area contributed by atoms with E-state index in [2.05, 4.69) is 79.8 Å². The molecule has 5 nitrogen and oxygen atoms in total. The Morgan fingerprint density at radius 1 is 1.13 bits per heavy atom. The maximum atomic E-state index is 13.0. The van der Waals surface area contributed by atoms with Gasteiger partial charge < -0.3 is 10.6 Å². The largest absolute Gasteiger partial charge is 0.363 e. The van der Waals surface area contributed by atoms with Crippen LogP contribution in [0, 0.1) is 12.8 Å². The molecule has 0 spiro atoms. The summed E-state index contributed by atoms with van der Waals surface area (Å²) in [5, 5.41) is 11.3. The first-order valence-corrected chi connectivity index (χ1v) is 11.2. The molecular weight excluding hydrogens is 384 g/mol. The van der Waals surface area contributed by atoms with Crippen molar-refractivity contribution in [2.45, 2.75) is 59.2 Å². The Balaban J connectivity index is 1.56. The number of benzene rings is 2. The van der Waals surface area contributed by atoms with Gasteiger partial charge in [-0.05, 0) is 42.4 Å².